The third kappa shape index (κ3) is 1.89. The second-order valence-corrected chi connectivity index (χ2v) is 4.11. The Bertz CT molecular complexity index is 422. The molecule has 2 rings (SSSR count). The van der Waals surface area contributed by atoms with Crippen LogP contribution in [0, 0.1) is 11.3 Å². The quantitative estimate of drug-likeness (QED) is 0.843. The van der Waals surface area contributed by atoms with Gasteiger partial charge in [0, 0.05) is 6.04 Å². The molecule has 0 aromatic heterocycles. The zero-order valence-corrected chi connectivity index (χ0v) is 9.44. The number of hydrogen-bond acceptors (Lipinski definition) is 3. The molecule has 2 N–H and O–H groups in total. The summed E-state index contributed by atoms with van der Waals surface area (Å²) in [6.45, 7) is 1.95. The van der Waals surface area contributed by atoms with Crippen molar-refractivity contribution < 1.29 is 4.74 Å². The van der Waals surface area contributed by atoms with E-state index in [4.69, 9.17) is 15.7 Å². The number of rotatable bonds is 3. The highest BCUT2D eigenvalue weighted by Gasteiger charge is 2.23. The van der Waals surface area contributed by atoms with E-state index in [1.54, 1.807) is 0 Å². The summed E-state index contributed by atoms with van der Waals surface area (Å²) in [5.41, 5.74) is 8.35. The van der Waals surface area contributed by atoms with Gasteiger partial charge >= 0.3 is 0 Å². The maximum atomic E-state index is 8.89. The van der Waals surface area contributed by atoms with Crippen LogP contribution in [0.2, 0.25) is 0 Å². The highest BCUT2D eigenvalue weighted by Crippen LogP contribution is 2.35. The molecule has 0 heterocycles. The maximum Gasteiger partial charge on any atom is 0.184 e. The normalized spacial score (nSPS) is 19.9. The molecule has 0 aliphatic heterocycles. The van der Waals surface area contributed by atoms with Gasteiger partial charge in [-0.15, -0.1) is 0 Å². The van der Waals surface area contributed by atoms with Crippen molar-refractivity contribution >= 4 is 0 Å². The lowest BCUT2D eigenvalue weighted by Crippen LogP contribution is -2.13. The number of ether oxygens (including phenoxy) is 1. The molecular formula is C13H16N2O. The first-order chi connectivity index (χ1) is 7.76. The highest BCUT2D eigenvalue weighted by molar-refractivity contribution is 5.45. The summed E-state index contributed by atoms with van der Waals surface area (Å²) in [4.78, 5) is 0. The Morgan fingerprint density at radius 2 is 2.44 bits per heavy atom. The van der Waals surface area contributed by atoms with Crippen LogP contribution in [0.5, 0.6) is 5.75 Å². The molecule has 84 valence electrons. The van der Waals surface area contributed by atoms with Crippen molar-refractivity contribution in [3.63, 3.8) is 0 Å². The Kier molecular flexibility index (Phi) is 3.12. The van der Waals surface area contributed by atoms with E-state index in [0.717, 1.165) is 18.6 Å². The number of fused-ring (bicyclic) bond motifs is 1. The summed E-state index contributed by atoms with van der Waals surface area (Å²) in [7, 11) is 0. The molecule has 1 aromatic carbocycles. The number of nitrogens with two attached hydrogens (primary N) is 1. The van der Waals surface area contributed by atoms with Crippen LogP contribution in [0.4, 0.5) is 0 Å². The van der Waals surface area contributed by atoms with Gasteiger partial charge in [0.15, 0.2) is 6.10 Å². The predicted molar refractivity (Wildman–Crippen MR) is 62.0 cm³/mol. The molecule has 1 aliphatic rings. The molecular weight excluding hydrogens is 200 g/mol. The fraction of sp³-hybridized carbons (Fsp3) is 0.462. The average molecular weight is 216 g/mol. The maximum absolute atomic E-state index is 8.89. The van der Waals surface area contributed by atoms with Gasteiger partial charge in [-0.05, 0) is 36.5 Å². The fourth-order valence-corrected chi connectivity index (χ4v) is 2.12. The Morgan fingerprint density at radius 1 is 1.62 bits per heavy atom. The smallest absolute Gasteiger partial charge is 0.184 e. The van der Waals surface area contributed by atoms with Crippen LogP contribution in [0.1, 0.15) is 36.9 Å². The second kappa shape index (κ2) is 4.54. The molecule has 3 nitrogen and oxygen atoms in total. The fourth-order valence-electron chi connectivity index (χ4n) is 2.12. The molecule has 1 aliphatic carbocycles. The van der Waals surface area contributed by atoms with E-state index in [0.29, 0.717) is 6.42 Å². The lowest BCUT2D eigenvalue weighted by molar-refractivity contribution is 0.249. The Morgan fingerprint density at radius 3 is 3.12 bits per heavy atom. The third-order valence-corrected chi connectivity index (χ3v) is 3.06. The largest absolute Gasteiger partial charge is 0.475 e. The van der Waals surface area contributed by atoms with Crippen molar-refractivity contribution in [1.82, 2.24) is 0 Å². The zero-order chi connectivity index (χ0) is 11.5. The van der Waals surface area contributed by atoms with Crippen LogP contribution in [0.25, 0.3) is 0 Å². The molecule has 0 saturated heterocycles. The summed E-state index contributed by atoms with van der Waals surface area (Å²) in [5.74, 6) is 0.832. The molecule has 2 unspecified atom stereocenters. The minimum absolute atomic E-state index is 0.126. The number of hydrogen-bond donors (Lipinski definition) is 1. The van der Waals surface area contributed by atoms with E-state index in [2.05, 4.69) is 6.07 Å². The first kappa shape index (κ1) is 11.0. The summed E-state index contributed by atoms with van der Waals surface area (Å²) in [5, 5.41) is 8.89. The lowest BCUT2D eigenvalue weighted by Gasteiger charge is -2.14. The molecule has 0 saturated carbocycles. The summed E-state index contributed by atoms with van der Waals surface area (Å²) < 4.78 is 5.69. The Hall–Kier alpha value is -1.53. The standard InChI is InChI=1S/C13H16N2O/c1-2-9(8-14)16-13-5-3-4-10-11(13)6-7-12(10)15/h3-5,9,12H,2,6-7,15H2,1H3. The van der Waals surface area contributed by atoms with Gasteiger partial charge in [0.25, 0.3) is 0 Å². The molecule has 0 spiro atoms. The molecule has 16 heavy (non-hydrogen) atoms. The van der Waals surface area contributed by atoms with Gasteiger partial charge < -0.3 is 10.5 Å². The van der Waals surface area contributed by atoms with Crippen LogP contribution < -0.4 is 10.5 Å². The predicted octanol–water partition coefficient (Wildman–Crippen LogP) is 2.31. The third-order valence-electron chi connectivity index (χ3n) is 3.06. The van der Waals surface area contributed by atoms with Crippen molar-refractivity contribution in [3.8, 4) is 11.8 Å². The molecule has 2 atom stereocenters. The minimum Gasteiger partial charge on any atom is -0.475 e. The molecule has 0 bridgehead atoms. The van der Waals surface area contributed by atoms with Gasteiger partial charge in [0.1, 0.15) is 11.8 Å². The van der Waals surface area contributed by atoms with E-state index in [1.165, 1.54) is 11.1 Å². The number of benzene rings is 1. The van der Waals surface area contributed by atoms with E-state index in [9.17, 15) is 0 Å². The van der Waals surface area contributed by atoms with Gasteiger partial charge in [0.2, 0.25) is 0 Å². The van der Waals surface area contributed by atoms with Crippen molar-refractivity contribution in [1.29, 1.82) is 5.26 Å². The first-order valence-electron chi connectivity index (χ1n) is 5.70. The lowest BCUT2D eigenvalue weighted by atomic mass is 10.1. The zero-order valence-electron chi connectivity index (χ0n) is 9.44. The van der Waals surface area contributed by atoms with Crippen LogP contribution in [0.15, 0.2) is 18.2 Å². The first-order valence-corrected chi connectivity index (χ1v) is 5.70. The van der Waals surface area contributed by atoms with Gasteiger partial charge in [-0.1, -0.05) is 19.1 Å². The van der Waals surface area contributed by atoms with Gasteiger partial charge in [-0.2, -0.15) is 5.26 Å². The molecule has 0 fully saturated rings. The van der Waals surface area contributed by atoms with Crippen LogP contribution >= 0.6 is 0 Å². The SMILES string of the molecule is CCC(C#N)Oc1cccc2c1CCC2N. The molecule has 1 aromatic rings. The van der Waals surface area contributed by atoms with E-state index < -0.39 is 0 Å². The van der Waals surface area contributed by atoms with Gasteiger partial charge in [-0.3, -0.25) is 0 Å². The Balaban J connectivity index is 2.27. The van der Waals surface area contributed by atoms with Crippen LogP contribution in [-0.2, 0) is 6.42 Å². The van der Waals surface area contributed by atoms with Crippen LogP contribution in [0.3, 0.4) is 0 Å². The Labute approximate surface area is 95.8 Å². The van der Waals surface area contributed by atoms with Crippen LogP contribution in [-0.4, -0.2) is 6.10 Å². The second-order valence-electron chi connectivity index (χ2n) is 4.11. The summed E-state index contributed by atoms with van der Waals surface area (Å²) >= 11 is 0. The van der Waals surface area contributed by atoms with Crippen molar-refractivity contribution in [2.75, 3.05) is 0 Å². The number of nitrogens with zero attached hydrogens (tertiary/aromatic N) is 1. The van der Waals surface area contributed by atoms with E-state index in [1.807, 2.05) is 25.1 Å². The topological polar surface area (TPSA) is 59.0 Å². The minimum atomic E-state index is -0.358. The monoisotopic (exact) mass is 216 g/mol. The van der Waals surface area contributed by atoms with Crippen molar-refractivity contribution in [2.24, 2.45) is 5.73 Å². The molecule has 3 heteroatoms. The average Bonchev–Trinajstić information content (AvgIpc) is 2.69. The van der Waals surface area contributed by atoms with Crippen molar-refractivity contribution in [2.45, 2.75) is 38.3 Å². The molecule has 0 amide bonds. The van der Waals surface area contributed by atoms with Gasteiger partial charge in [0.05, 0.1) is 0 Å². The summed E-state index contributed by atoms with van der Waals surface area (Å²) in [6.07, 6.45) is 2.27. The summed E-state index contributed by atoms with van der Waals surface area (Å²) in [6, 6.07) is 8.20. The molecule has 0 radical (unpaired) electrons. The highest BCUT2D eigenvalue weighted by atomic mass is 16.5. The van der Waals surface area contributed by atoms with Crippen molar-refractivity contribution in [3.05, 3.63) is 29.3 Å². The number of nitriles is 1. The van der Waals surface area contributed by atoms with E-state index in [-0.39, 0.29) is 12.1 Å². The van der Waals surface area contributed by atoms with Gasteiger partial charge in [-0.25, -0.2) is 0 Å². The van der Waals surface area contributed by atoms with E-state index >= 15 is 0 Å².